The Morgan fingerprint density at radius 2 is 2.22 bits per heavy atom. The van der Waals surface area contributed by atoms with Gasteiger partial charge in [-0.1, -0.05) is 0 Å². The Morgan fingerprint density at radius 3 is 2.67 bits per heavy atom. The number of rotatable bonds is 4. The zero-order valence-corrected chi connectivity index (χ0v) is 5.64. The molecule has 53 valence electrons. The van der Waals surface area contributed by atoms with Gasteiger partial charge in [0.25, 0.3) is 0 Å². The molecule has 0 aromatic carbocycles. The average molecular weight is 130 g/mol. The lowest BCUT2D eigenvalue weighted by atomic mass is 10.2. The normalized spacial score (nSPS) is 9.11. The van der Waals surface area contributed by atoms with E-state index in [2.05, 4.69) is 4.74 Å². The number of carbonyl (C=O) groups excluding carboxylic acids is 1. The van der Waals surface area contributed by atoms with E-state index in [9.17, 15) is 4.79 Å². The zero-order chi connectivity index (χ0) is 7.11. The predicted molar refractivity (Wildman–Crippen MR) is 33.8 cm³/mol. The molecule has 1 radical (unpaired) electrons. The van der Waals surface area contributed by atoms with Crippen LogP contribution < -0.4 is 5.73 Å². The minimum atomic E-state index is -0.177. The van der Waals surface area contributed by atoms with Crippen molar-refractivity contribution in [1.29, 1.82) is 0 Å². The van der Waals surface area contributed by atoms with Gasteiger partial charge in [0.05, 0.1) is 7.11 Å². The van der Waals surface area contributed by atoms with Gasteiger partial charge in [0.2, 0.25) is 0 Å². The third-order valence-electron chi connectivity index (χ3n) is 1.04. The number of carbonyl (C=O) groups is 1. The van der Waals surface area contributed by atoms with Gasteiger partial charge in [-0.05, 0) is 12.8 Å². The molecule has 0 fully saturated rings. The maximum Gasteiger partial charge on any atom is 0.305 e. The van der Waals surface area contributed by atoms with Crippen molar-refractivity contribution in [3.63, 3.8) is 0 Å². The van der Waals surface area contributed by atoms with Crippen molar-refractivity contribution in [3.05, 3.63) is 0 Å². The van der Waals surface area contributed by atoms with Crippen LogP contribution in [0.4, 0.5) is 0 Å². The SMILES string of the molecule is COC(=O)CCCC[NH]. The summed E-state index contributed by atoms with van der Waals surface area (Å²) in [4.78, 5) is 10.4. The summed E-state index contributed by atoms with van der Waals surface area (Å²) in [5.74, 6) is -0.177. The summed E-state index contributed by atoms with van der Waals surface area (Å²) in [5, 5.41) is 0. The van der Waals surface area contributed by atoms with Crippen molar-refractivity contribution in [1.82, 2.24) is 5.73 Å². The second-order valence-electron chi connectivity index (χ2n) is 1.78. The van der Waals surface area contributed by atoms with Crippen LogP contribution in [-0.2, 0) is 9.53 Å². The summed E-state index contributed by atoms with van der Waals surface area (Å²) < 4.78 is 4.40. The molecule has 0 aliphatic heterocycles. The molecule has 0 bridgehead atoms. The Balaban J connectivity index is 2.97. The van der Waals surface area contributed by atoms with Gasteiger partial charge in [-0.2, -0.15) is 0 Å². The van der Waals surface area contributed by atoms with Crippen LogP contribution in [-0.4, -0.2) is 19.6 Å². The maximum absolute atomic E-state index is 10.4. The first-order valence-corrected chi connectivity index (χ1v) is 3.02. The number of hydrogen-bond acceptors (Lipinski definition) is 2. The monoisotopic (exact) mass is 130 g/mol. The molecule has 0 unspecified atom stereocenters. The summed E-state index contributed by atoms with van der Waals surface area (Å²) in [7, 11) is 1.38. The molecule has 0 amide bonds. The standard InChI is InChI=1S/C6H12NO2/c1-9-6(8)4-2-3-5-7/h7H,2-5H2,1H3. The summed E-state index contributed by atoms with van der Waals surface area (Å²) in [5.41, 5.74) is 6.75. The Labute approximate surface area is 55.2 Å². The number of ether oxygens (including phenoxy) is 1. The molecular weight excluding hydrogens is 118 g/mol. The van der Waals surface area contributed by atoms with E-state index in [4.69, 9.17) is 5.73 Å². The molecule has 3 heteroatoms. The molecule has 0 saturated carbocycles. The third kappa shape index (κ3) is 5.30. The number of nitrogens with one attached hydrogen (secondary N) is 1. The van der Waals surface area contributed by atoms with Gasteiger partial charge < -0.3 is 4.74 Å². The number of methoxy groups -OCH3 is 1. The Kier molecular flexibility index (Phi) is 5.21. The van der Waals surface area contributed by atoms with Crippen LogP contribution in [0, 0.1) is 0 Å². The van der Waals surface area contributed by atoms with E-state index >= 15 is 0 Å². The van der Waals surface area contributed by atoms with Crippen molar-refractivity contribution in [2.45, 2.75) is 19.3 Å². The molecule has 0 saturated heterocycles. The summed E-state index contributed by atoms with van der Waals surface area (Å²) >= 11 is 0. The molecule has 0 aromatic rings. The Hall–Kier alpha value is -0.570. The van der Waals surface area contributed by atoms with Gasteiger partial charge in [-0.25, -0.2) is 0 Å². The molecule has 0 aliphatic carbocycles. The van der Waals surface area contributed by atoms with Crippen LogP contribution in [0.15, 0.2) is 0 Å². The minimum Gasteiger partial charge on any atom is -0.469 e. The first kappa shape index (κ1) is 8.43. The molecular formula is C6H12NO2. The fourth-order valence-corrected chi connectivity index (χ4v) is 0.496. The molecule has 0 atom stereocenters. The molecule has 0 spiro atoms. The fourth-order valence-electron chi connectivity index (χ4n) is 0.496. The highest BCUT2D eigenvalue weighted by Gasteiger charge is 1.96. The minimum absolute atomic E-state index is 0.177. The zero-order valence-electron chi connectivity index (χ0n) is 5.64. The molecule has 0 aliphatic rings. The van der Waals surface area contributed by atoms with Gasteiger partial charge in [0.1, 0.15) is 0 Å². The predicted octanol–water partition coefficient (Wildman–Crippen LogP) is 0.613. The quantitative estimate of drug-likeness (QED) is 0.413. The maximum atomic E-state index is 10.4. The van der Waals surface area contributed by atoms with Crippen LogP contribution in [0.2, 0.25) is 0 Å². The fraction of sp³-hybridized carbons (Fsp3) is 0.833. The van der Waals surface area contributed by atoms with Gasteiger partial charge >= 0.3 is 5.97 Å². The Morgan fingerprint density at radius 1 is 1.56 bits per heavy atom. The first-order chi connectivity index (χ1) is 4.31. The van der Waals surface area contributed by atoms with E-state index < -0.39 is 0 Å². The molecule has 0 aromatic heterocycles. The lowest BCUT2D eigenvalue weighted by Crippen LogP contribution is -1.99. The second-order valence-corrected chi connectivity index (χ2v) is 1.78. The molecule has 1 N–H and O–H groups in total. The number of esters is 1. The van der Waals surface area contributed by atoms with E-state index in [1.54, 1.807) is 0 Å². The van der Waals surface area contributed by atoms with Crippen LogP contribution >= 0.6 is 0 Å². The number of hydrogen-bond donors (Lipinski definition) is 0. The third-order valence-corrected chi connectivity index (χ3v) is 1.04. The molecule has 0 heterocycles. The summed E-state index contributed by atoms with van der Waals surface area (Å²) in [6.45, 7) is 0.400. The van der Waals surface area contributed by atoms with Crippen LogP contribution in [0.1, 0.15) is 19.3 Å². The summed E-state index contributed by atoms with van der Waals surface area (Å²) in [6.07, 6.45) is 2.01. The smallest absolute Gasteiger partial charge is 0.305 e. The van der Waals surface area contributed by atoms with Crippen molar-refractivity contribution in [3.8, 4) is 0 Å². The lowest BCUT2D eigenvalue weighted by molar-refractivity contribution is -0.140. The van der Waals surface area contributed by atoms with Crippen LogP contribution in [0.5, 0.6) is 0 Å². The summed E-state index contributed by atoms with van der Waals surface area (Å²) in [6, 6.07) is 0. The van der Waals surface area contributed by atoms with Gasteiger partial charge in [0.15, 0.2) is 0 Å². The van der Waals surface area contributed by atoms with Crippen molar-refractivity contribution < 1.29 is 9.53 Å². The van der Waals surface area contributed by atoms with E-state index in [0.717, 1.165) is 12.8 Å². The first-order valence-electron chi connectivity index (χ1n) is 3.02. The van der Waals surface area contributed by atoms with E-state index in [-0.39, 0.29) is 5.97 Å². The molecule has 0 rings (SSSR count). The number of unbranched alkanes of at least 4 members (excludes halogenated alkanes) is 1. The van der Waals surface area contributed by atoms with Crippen molar-refractivity contribution in [2.24, 2.45) is 0 Å². The largest absolute Gasteiger partial charge is 0.469 e. The Bertz CT molecular complexity index is 83.1. The van der Waals surface area contributed by atoms with Gasteiger partial charge in [-0.15, -0.1) is 0 Å². The van der Waals surface area contributed by atoms with Crippen LogP contribution in [0.3, 0.4) is 0 Å². The average Bonchev–Trinajstić information content (AvgIpc) is 1.89. The highest BCUT2D eigenvalue weighted by atomic mass is 16.5. The van der Waals surface area contributed by atoms with E-state index in [0.29, 0.717) is 13.0 Å². The van der Waals surface area contributed by atoms with Gasteiger partial charge in [-0.3, -0.25) is 10.5 Å². The van der Waals surface area contributed by atoms with Crippen molar-refractivity contribution in [2.75, 3.05) is 13.7 Å². The van der Waals surface area contributed by atoms with Crippen molar-refractivity contribution >= 4 is 5.97 Å². The lowest BCUT2D eigenvalue weighted by Gasteiger charge is -1.95. The highest BCUT2D eigenvalue weighted by Crippen LogP contribution is 1.94. The molecule has 3 nitrogen and oxygen atoms in total. The highest BCUT2D eigenvalue weighted by molar-refractivity contribution is 5.68. The molecule has 9 heavy (non-hydrogen) atoms. The van der Waals surface area contributed by atoms with Gasteiger partial charge in [0, 0.05) is 13.0 Å². The topological polar surface area (TPSA) is 50.1 Å². The van der Waals surface area contributed by atoms with Crippen LogP contribution in [0.25, 0.3) is 0 Å². The second kappa shape index (κ2) is 5.56. The van der Waals surface area contributed by atoms with E-state index in [1.807, 2.05) is 0 Å². The van der Waals surface area contributed by atoms with E-state index in [1.165, 1.54) is 7.11 Å².